The van der Waals surface area contributed by atoms with E-state index in [2.05, 4.69) is 29.7 Å². The standard InChI is InChI=1S/C14H18N2O/c15-16-14(13-5-2-8-17-13)12-7-6-10-3-1-4-11(10)9-12/h5-7,9,14,16H,1-4,8,15H2. The third-order valence-corrected chi connectivity index (χ3v) is 3.64. The van der Waals surface area contributed by atoms with Crippen LogP contribution in [0.15, 0.2) is 30.0 Å². The van der Waals surface area contributed by atoms with E-state index < -0.39 is 0 Å². The zero-order valence-electron chi connectivity index (χ0n) is 9.91. The fraction of sp³-hybridized carbons (Fsp3) is 0.429. The average Bonchev–Trinajstić information content (AvgIpc) is 2.99. The van der Waals surface area contributed by atoms with Gasteiger partial charge in [0.15, 0.2) is 0 Å². The van der Waals surface area contributed by atoms with Gasteiger partial charge in [-0.25, -0.2) is 5.43 Å². The number of hydrazine groups is 1. The van der Waals surface area contributed by atoms with Crippen molar-refractivity contribution in [2.45, 2.75) is 31.7 Å². The maximum Gasteiger partial charge on any atom is 0.115 e. The number of fused-ring (bicyclic) bond motifs is 1. The molecule has 1 atom stereocenters. The minimum absolute atomic E-state index is 0.00315. The lowest BCUT2D eigenvalue weighted by molar-refractivity contribution is 0.215. The van der Waals surface area contributed by atoms with Crippen LogP contribution in [0.1, 0.15) is 35.6 Å². The summed E-state index contributed by atoms with van der Waals surface area (Å²) in [6.07, 6.45) is 6.80. The Morgan fingerprint density at radius 2 is 2.12 bits per heavy atom. The lowest BCUT2D eigenvalue weighted by Crippen LogP contribution is -2.29. The van der Waals surface area contributed by atoms with Crippen LogP contribution in [-0.4, -0.2) is 6.61 Å². The summed E-state index contributed by atoms with van der Waals surface area (Å²) in [5, 5.41) is 0. The molecule has 0 amide bonds. The quantitative estimate of drug-likeness (QED) is 0.616. The van der Waals surface area contributed by atoms with Crippen LogP contribution in [0.2, 0.25) is 0 Å². The largest absolute Gasteiger partial charge is 0.496 e. The van der Waals surface area contributed by atoms with Crippen molar-refractivity contribution in [3.63, 3.8) is 0 Å². The molecular formula is C14H18N2O. The number of nitrogens with two attached hydrogens (primary N) is 1. The smallest absolute Gasteiger partial charge is 0.115 e. The zero-order chi connectivity index (χ0) is 11.7. The number of rotatable bonds is 3. The lowest BCUT2D eigenvalue weighted by Gasteiger charge is -2.18. The van der Waals surface area contributed by atoms with Gasteiger partial charge in [-0.05, 0) is 42.0 Å². The van der Waals surface area contributed by atoms with E-state index in [0.29, 0.717) is 0 Å². The first kappa shape index (κ1) is 10.8. The molecule has 1 unspecified atom stereocenters. The second-order valence-electron chi connectivity index (χ2n) is 4.73. The molecule has 1 aromatic rings. The van der Waals surface area contributed by atoms with Crippen molar-refractivity contribution < 1.29 is 4.74 Å². The first-order valence-electron chi connectivity index (χ1n) is 6.29. The van der Waals surface area contributed by atoms with Gasteiger partial charge >= 0.3 is 0 Å². The van der Waals surface area contributed by atoms with Gasteiger partial charge in [-0.3, -0.25) is 5.84 Å². The number of hydrogen-bond acceptors (Lipinski definition) is 3. The van der Waals surface area contributed by atoms with Crippen molar-refractivity contribution in [1.82, 2.24) is 5.43 Å². The molecule has 3 heteroatoms. The molecule has 3 N–H and O–H groups in total. The molecule has 0 fully saturated rings. The van der Waals surface area contributed by atoms with Gasteiger partial charge < -0.3 is 4.74 Å². The van der Waals surface area contributed by atoms with Crippen LogP contribution in [0, 0.1) is 0 Å². The number of benzene rings is 1. The molecule has 0 aromatic heterocycles. The fourth-order valence-corrected chi connectivity index (χ4v) is 2.75. The molecule has 1 aliphatic carbocycles. The van der Waals surface area contributed by atoms with Crippen LogP contribution in [-0.2, 0) is 17.6 Å². The summed E-state index contributed by atoms with van der Waals surface area (Å²) in [7, 11) is 0. The van der Waals surface area contributed by atoms with Gasteiger partial charge in [0.1, 0.15) is 11.8 Å². The number of nitrogens with one attached hydrogen (secondary N) is 1. The summed E-state index contributed by atoms with van der Waals surface area (Å²) in [4.78, 5) is 0. The van der Waals surface area contributed by atoms with Crippen molar-refractivity contribution in [3.8, 4) is 0 Å². The highest BCUT2D eigenvalue weighted by molar-refractivity contribution is 5.38. The summed E-state index contributed by atoms with van der Waals surface area (Å²) in [6.45, 7) is 0.776. The molecule has 3 nitrogen and oxygen atoms in total. The summed E-state index contributed by atoms with van der Waals surface area (Å²) in [6, 6.07) is 6.67. The third kappa shape index (κ3) is 1.96. The molecule has 0 bridgehead atoms. The normalized spacial score (nSPS) is 19.7. The minimum Gasteiger partial charge on any atom is -0.496 e. The second kappa shape index (κ2) is 4.51. The Morgan fingerprint density at radius 1 is 1.24 bits per heavy atom. The number of ether oxygens (including phenoxy) is 1. The van der Waals surface area contributed by atoms with E-state index >= 15 is 0 Å². The predicted octanol–water partition coefficient (Wildman–Crippen LogP) is 1.98. The Labute approximate surface area is 102 Å². The van der Waals surface area contributed by atoms with Gasteiger partial charge in [-0.2, -0.15) is 0 Å². The molecule has 1 heterocycles. The lowest BCUT2D eigenvalue weighted by atomic mass is 10.00. The summed E-state index contributed by atoms with van der Waals surface area (Å²) in [5.41, 5.74) is 7.03. The SMILES string of the molecule is NNC(C1=CCCO1)c1ccc2c(c1)CCC2. The Morgan fingerprint density at radius 3 is 2.88 bits per heavy atom. The van der Waals surface area contributed by atoms with Crippen LogP contribution in [0.3, 0.4) is 0 Å². The first-order chi connectivity index (χ1) is 8.38. The molecule has 90 valence electrons. The van der Waals surface area contributed by atoms with Gasteiger partial charge in [-0.1, -0.05) is 18.2 Å². The molecule has 0 radical (unpaired) electrons. The van der Waals surface area contributed by atoms with E-state index in [1.54, 1.807) is 0 Å². The van der Waals surface area contributed by atoms with Gasteiger partial charge in [-0.15, -0.1) is 0 Å². The summed E-state index contributed by atoms with van der Waals surface area (Å²) >= 11 is 0. The molecule has 1 aromatic carbocycles. The Kier molecular flexibility index (Phi) is 2.87. The Hall–Kier alpha value is -1.32. The molecule has 2 aliphatic rings. The van der Waals surface area contributed by atoms with Crippen LogP contribution >= 0.6 is 0 Å². The number of hydrogen-bond donors (Lipinski definition) is 2. The highest BCUT2D eigenvalue weighted by Gasteiger charge is 2.21. The van der Waals surface area contributed by atoms with E-state index in [9.17, 15) is 0 Å². The minimum atomic E-state index is 0.00315. The predicted molar refractivity (Wildman–Crippen MR) is 67.2 cm³/mol. The van der Waals surface area contributed by atoms with Gasteiger partial charge in [0.25, 0.3) is 0 Å². The van der Waals surface area contributed by atoms with E-state index in [4.69, 9.17) is 10.6 Å². The monoisotopic (exact) mass is 230 g/mol. The third-order valence-electron chi connectivity index (χ3n) is 3.64. The van der Waals surface area contributed by atoms with Crippen LogP contribution in [0.25, 0.3) is 0 Å². The molecule has 0 saturated heterocycles. The summed E-state index contributed by atoms with van der Waals surface area (Å²) < 4.78 is 5.60. The van der Waals surface area contributed by atoms with Crippen LogP contribution in [0.5, 0.6) is 0 Å². The molecular weight excluding hydrogens is 212 g/mol. The maximum absolute atomic E-state index is 5.66. The molecule has 17 heavy (non-hydrogen) atoms. The van der Waals surface area contributed by atoms with Crippen molar-refractivity contribution in [2.24, 2.45) is 5.84 Å². The van der Waals surface area contributed by atoms with E-state index in [-0.39, 0.29) is 6.04 Å². The number of aryl methyl sites for hydroxylation is 2. The van der Waals surface area contributed by atoms with Crippen molar-refractivity contribution in [1.29, 1.82) is 0 Å². The molecule has 3 rings (SSSR count). The highest BCUT2D eigenvalue weighted by atomic mass is 16.5. The van der Waals surface area contributed by atoms with Gasteiger partial charge in [0, 0.05) is 6.42 Å². The topological polar surface area (TPSA) is 47.3 Å². The van der Waals surface area contributed by atoms with Gasteiger partial charge in [0.2, 0.25) is 0 Å². The Bertz CT molecular complexity index is 454. The maximum atomic E-state index is 5.66. The summed E-state index contributed by atoms with van der Waals surface area (Å²) in [5.74, 6) is 6.62. The van der Waals surface area contributed by atoms with Crippen molar-refractivity contribution >= 4 is 0 Å². The molecule has 0 spiro atoms. The highest BCUT2D eigenvalue weighted by Crippen LogP contribution is 2.30. The fourth-order valence-electron chi connectivity index (χ4n) is 2.75. The van der Waals surface area contributed by atoms with Crippen molar-refractivity contribution in [3.05, 3.63) is 46.7 Å². The van der Waals surface area contributed by atoms with Crippen molar-refractivity contribution in [2.75, 3.05) is 6.61 Å². The second-order valence-corrected chi connectivity index (χ2v) is 4.73. The van der Waals surface area contributed by atoms with Gasteiger partial charge in [0.05, 0.1) is 6.61 Å². The average molecular weight is 230 g/mol. The van der Waals surface area contributed by atoms with E-state index in [1.165, 1.54) is 36.0 Å². The Balaban J connectivity index is 1.91. The van der Waals surface area contributed by atoms with Crippen LogP contribution in [0.4, 0.5) is 0 Å². The van der Waals surface area contributed by atoms with E-state index in [1.807, 2.05) is 0 Å². The molecule has 1 aliphatic heterocycles. The molecule has 0 saturated carbocycles. The zero-order valence-corrected chi connectivity index (χ0v) is 9.91. The van der Waals surface area contributed by atoms with Crippen LogP contribution < -0.4 is 11.3 Å². The first-order valence-corrected chi connectivity index (χ1v) is 6.29. The van der Waals surface area contributed by atoms with E-state index in [0.717, 1.165) is 18.8 Å².